The van der Waals surface area contributed by atoms with Crippen molar-refractivity contribution in [2.45, 2.75) is 24.8 Å². The second kappa shape index (κ2) is 5.44. The summed E-state index contributed by atoms with van der Waals surface area (Å²) in [6.45, 7) is 0.333. The number of aliphatic hydroxyl groups excluding tert-OH is 1. The highest BCUT2D eigenvalue weighted by Gasteiger charge is 2.34. The molecule has 2 heterocycles. The van der Waals surface area contributed by atoms with E-state index in [2.05, 4.69) is 11.1 Å². The maximum Gasteiger partial charge on any atom is 0.211 e. The number of hydrogen-bond donors (Lipinski definition) is 2. The molecule has 0 saturated carbocycles. The molecule has 2 atom stereocenters. The number of nitrogens with zero attached hydrogens (tertiary/aromatic N) is 1. The van der Waals surface area contributed by atoms with Gasteiger partial charge in [-0.2, -0.15) is 4.31 Å². The number of piperidine rings is 1. The molecule has 1 aromatic heterocycles. The lowest BCUT2D eigenvalue weighted by atomic mass is 9.86. The molecule has 1 aliphatic rings. The molecule has 0 amide bonds. The minimum atomic E-state index is -3.26. The first-order valence-electron chi connectivity index (χ1n) is 7.14. The Bertz CT molecular complexity index is 738. The van der Waals surface area contributed by atoms with Crippen molar-refractivity contribution in [2.24, 2.45) is 0 Å². The number of hydrogen-bond acceptors (Lipinski definition) is 3. The van der Waals surface area contributed by atoms with Gasteiger partial charge in [0.15, 0.2) is 0 Å². The van der Waals surface area contributed by atoms with Crippen LogP contribution in [0.3, 0.4) is 0 Å². The molecule has 1 fully saturated rings. The summed E-state index contributed by atoms with van der Waals surface area (Å²) in [5.74, 6) is 0.274. The Morgan fingerprint density at radius 3 is 2.86 bits per heavy atom. The summed E-state index contributed by atoms with van der Waals surface area (Å²) in [7, 11) is -3.26. The highest BCUT2D eigenvalue weighted by Crippen LogP contribution is 2.36. The molecule has 6 heteroatoms. The average molecular weight is 308 g/mol. The Kier molecular flexibility index (Phi) is 3.77. The standard InChI is InChI=1S/C15H20N2O3S/c1-21(19,20)17-7-6-11(8-12(17)10-18)14-9-16-15-5-3-2-4-13(14)15/h2-5,9,11-12,16,18H,6-8,10H2,1H3. The molecule has 114 valence electrons. The molecule has 0 bridgehead atoms. The highest BCUT2D eigenvalue weighted by atomic mass is 32.2. The number of rotatable bonds is 3. The molecule has 0 spiro atoms. The molecule has 21 heavy (non-hydrogen) atoms. The zero-order valence-electron chi connectivity index (χ0n) is 12.0. The van der Waals surface area contributed by atoms with E-state index < -0.39 is 10.0 Å². The second-order valence-electron chi connectivity index (χ2n) is 5.72. The van der Waals surface area contributed by atoms with Gasteiger partial charge in [-0.15, -0.1) is 0 Å². The molecule has 2 N–H and O–H groups in total. The van der Waals surface area contributed by atoms with Crippen LogP contribution in [0.15, 0.2) is 30.5 Å². The Labute approximate surface area is 124 Å². The van der Waals surface area contributed by atoms with E-state index in [1.54, 1.807) is 0 Å². The summed E-state index contributed by atoms with van der Waals surface area (Å²) in [5.41, 5.74) is 2.32. The van der Waals surface area contributed by atoms with Crippen molar-refractivity contribution in [3.63, 3.8) is 0 Å². The molecule has 1 aliphatic heterocycles. The zero-order valence-corrected chi connectivity index (χ0v) is 12.8. The lowest BCUT2D eigenvalue weighted by Gasteiger charge is -2.36. The summed E-state index contributed by atoms with van der Waals surface area (Å²) < 4.78 is 25.0. The summed E-state index contributed by atoms with van der Waals surface area (Å²) >= 11 is 0. The maximum atomic E-state index is 11.8. The number of para-hydroxylation sites is 1. The molecule has 1 aromatic carbocycles. The fourth-order valence-corrected chi connectivity index (χ4v) is 4.48. The van der Waals surface area contributed by atoms with Crippen molar-refractivity contribution in [2.75, 3.05) is 19.4 Å². The summed E-state index contributed by atoms with van der Waals surface area (Å²) in [4.78, 5) is 3.27. The SMILES string of the molecule is CS(=O)(=O)N1CCC(c2c[nH]c3ccccc23)CC1CO. The van der Waals surface area contributed by atoms with Gasteiger partial charge in [0.05, 0.1) is 12.9 Å². The zero-order chi connectivity index (χ0) is 15.0. The number of nitrogens with one attached hydrogen (secondary N) is 1. The van der Waals surface area contributed by atoms with Gasteiger partial charge in [0, 0.05) is 29.7 Å². The largest absolute Gasteiger partial charge is 0.395 e. The van der Waals surface area contributed by atoms with Gasteiger partial charge in [0.1, 0.15) is 0 Å². The van der Waals surface area contributed by atoms with Gasteiger partial charge in [-0.1, -0.05) is 18.2 Å². The fraction of sp³-hybridized carbons (Fsp3) is 0.467. The van der Waals surface area contributed by atoms with Crippen molar-refractivity contribution in [1.82, 2.24) is 9.29 Å². The minimum absolute atomic E-state index is 0.133. The predicted octanol–water partition coefficient (Wildman–Crippen LogP) is 1.67. The monoisotopic (exact) mass is 308 g/mol. The van der Waals surface area contributed by atoms with Crippen molar-refractivity contribution in [3.05, 3.63) is 36.0 Å². The van der Waals surface area contributed by atoms with E-state index in [1.165, 1.54) is 21.5 Å². The summed E-state index contributed by atoms with van der Waals surface area (Å²) in [6, 6.07) is 7.79. The van der Waals surface area contributed by atoms with Crippen LogP contribution >= 0.6 is 0 Å². The van der Waals surface area contributed by atoms with Crippen LogP contribution in [0.5, 0.6) is 0 Å². The number of aromatic amines is 1. The number of aromatic nitrogens is 1. The van der Waals surface area contributed by atoms with E-state index in [9.17, 15) is 13.5 Å². The van der Waals surface area contributed by atoms with Gasteiger partial charge in [-0.25, -0.2) is 8.42 Å². The second-order valence-corrected chi connectivity index (χ2v) is 7.66. The van der Waals surface area contributed by atoms with Crippen LogP contribution in [-0.2, 0) is 10.0 Å². The average Bonchev–Trinajstić information content (AvgIpc) is 2.89. The third-order valence-corrected chi connectivity index (χ3v) is 5.69. The topological polar surface area (TPSA) is 73.4 Å². The van der Waals surface area contributed by atoms with Crippen LogP contribution in [0.2, 0.25) is 0 Å². The quantitative estimate of drug-likeness (QED) is 0.906. The number of fused-ring (bicyclic) bond motifs is 1. The lowest BCUT2D eigenvalue weighted by Crippen LogP contribution is -2.46. The third-order valence-electron chi connectivity index (χ3n) is 4.36. The van der Waals surface area contributed by atoms with E-state index in [0.29, 0.717) is 13.0 Å². The molecule has 5 nitrogen and oxygen atoms in total. The molecule has 0 radical (unpaired) electrons. The molecule has 2 unspecified atom stereocenters. The first kappa shape index (κ1) is 14.6. The van der Waals surface area contributed by atoms with E-state index in [1.807, 2.05) is 24.4 Å². The van der Waals surface area contributed by atoms with Gasteiger partial charge in [-0.3, -0.25) is 0 Å². The molecule has 2 aromatic rings. The van der Waals surface area contributed by atoms with Crippen LogP contribution in [0.25, 0.3) is 10.9 Å². The van der Waals surface area contributed by atoms with Gasteiger partial charge in [0.25, 0.3) is 0 Å². The van der Waals surface area contributed by atoms with Crippen LogP contribution in [0, 0.1) is 0 Å². The lowest BCUT2D eigenvalue weighted by molar-refractivity contribution is 0.145. The fourth-order valence-electron chi connectivity index (χ4n) is 3.35. The number of sulfonamides is 1. The Balaban J connectivity index is 1.89. The van der Waals surface area contributed by atoms with Crippen LogP contribution in [0.1, 0.15) is 24.3 Å². The van der Waals surface area contributed by atoms with Crippen LogP contribution in [0.4, 0.5) is 0 Å². The van der Waals surface area contributed by atoms with E-state index in [4.69, 9.17) is 0 Å². The highest BCUT2D eigenvalue weighted by molar-refractivity contribution is 7.88. The van der Waals surface area contributed by atoms with Gasteiger partial charge in [0.2, 0.25) is 10.0 Å². The number of benzene rings is 1. The van der Waals surface area contributed by atoms with Gasteiger partial charge >= 0.3 is 0 Å². The smallest absolute Gasteiger partial charge is 0.211 e. The first-order valence-corrected chi connectivity index (χ1v) is 8.99. The van der Waals surface area contributed by atoms with Gasteiger partial charge in [-0.05, 0) is 30.4 Å². The van der Waals surface area contributed by atoms with Crippen LogP contribution < -0.4 is 0 Å². The van der Waals surface area contributed by atoms with Crippen molar-refractivity contribution in [3.8, 4) is 0 Å². The normalized spacial score (nSPS) is 24.5. The number of aliphatic hydroxyl groups is 1. The molecular weight excluding hydrogens is 288 g/mol. The minimum Gasteiger partial charge on any atom is -0.395 e. The first-order chi connectivity index (χ1) is 10.0. The van der Waals surface area contributed by atoms with Crippen molar-refractivity contribution >= 4 is 20.9 Å². The van der Waals surface area contributed by atoms with Crippen molar-refractivity contribution < 1.29 is 13.5 Å². The molecule has 0 aliphatic carbocycles. The van der Waals surface area contributed by atoms with Gasteiger partial charge < -0.3 is 10.1 Å². The Hall–Kier alpha value is -1.37. The number of H-pyrrole nitrogens is 1. The predicted molar refractivity (Wildman–Crippen MR) is 82.7 cm³/mol. The van der Waals surface area contributed by atoms with Crippen molar-refractivity contribution in [1.29, 1.82) is 0 Å². The molecular formula is C15H20N2O3S. The van der Waals surface area contributed by atoms with E-state index in [0.717, 1.165) is 11.9 Å². The Morgan fingerprint density at radius 1 is 1.38 bits per heavy atom. The molecule has 3 rings (SSSR count). The third kappa shape index (κ3) is 2.71. The maximum absolute atomic E-state index is 11.8. The van der Waals surface area contributed by atoms with Crippen LogP contribution in [-0.4, -0.2) is 48.3 Å². The Morgan fingerprint density at radius 2 is 2.14 bits per heavy atom. The molecule has 1 saturated heterocycles. The van der Waals surface area contributed by atoms with E-state index >= 15 is 0 Å². The summed E-state index contributed by atoms with van der Waals surface area (Å²) in [6.07, 6.45) is 4.67. The summed E-state index contributed by atoms with van der Waals surface area (Å²) in [5, 5.41) is 10.7. The van der Waals surface area contributed by atoms with E-state index in [-0.39, 0.29) is 18.6 Å².